The van der Waals surface area contributed by atoms with Crippen molar-refractivity contribution in [2.45, 2.75) is 18.5 Å². The van der Waals surface area contributed by atoms with Gasteiger partial charge in [-0.15, -0.1) is 0 Å². The number of nitrogens with two attached hydrogens (primary N) is 1. The van der Waals surface area contributed by atoms with E-state index in [9.17, 15) is 0 Å². The summed E-state index contributed by atoms with van der Waals surface area (Å²) in [4.78, 5) is 11.8. The molecule has 0 spiro atoms. The van der Waals surface area contributed by atoms with Crippen LogP contribution in [0.3, 0.4) is 0 Å². The van der Waals surface area contributed by atoms with Crippen molar-refractivity contribution in [2.75, 3.05) is 6.26 Å². The van der Waals surface area contributed by atoms with E-state index < -0.39 is 0 Å². The van der Waals surface area contributed by atoms with Gasteiger partial charge < -0.3 is 10.7 Å². The molecule has 4 nitrogen and oxygen atoms in total. The Morgan fingerprint density at radius 1 is 1.39 bits per heavy atom. The van der Waals surface area contributed by atoms with Gasteiger partial charge in [-0.2, -0.15) is 0 Å². The Morgan fingerprint density at radius 2 is 2.11 bits per heavy atom. The van der Waals surface area contributed by atoms with Gasteiger partial charge in [-0.05, 0) is 24.0 Å². The van der Waals surface area contributed by atoms with Gasteiger partial charge in [-0.3, -0.25) is 0 Å². The van der Waals surface area contributed by atoms with Gasteiger partial charge in [-0.25, -0.2) is 9.98 Å². The van der Waals surface area contributed by atoms with E-state index in [0.717, 1.165) is 28.5 Å². The fourth-order valence-corrected chi connectivity index (χ4v) is 1.88. The van der Waals surface area contributed by atoms with Crippen molar-refractivity contribution in [1.82, 2.24) is 9.97 Å². The van der Waals surface area contributed by atoms with E-state index in [0.29, 0.717) is 5.84 Å². The number of aromatic nitrogens is 2. The molecular weight excluding hydrogens is 244 g/mol. The summed E-state index contributed by atoms with van der Waals surface area (Å²) >= 11 is 1.59. The van der Waals surface area contributed by atoms with Gasteiger partial charge in [0.25, 0.3) is 0 Å². The molecule has 3 N–H and O–H groups in total. The summed E-state index contributed by atoms with van der Waals surface area (Å²) in [6, 6.07) is 7.94. The summed E-state index contributed by atoms with van der Waals surface area (Å²) in [5.74, 6) is 0.647. The maximum atomic E-state index is 5.71. The average molecular weight is 260 g/mol. The molecule has 1 aromatic heterocycles. The van der Waals surface area contributed by atoms with E-state index in [1.165, 1.54) is 0 Å². The van der Waals surface area contributed by atoms with E-state index >= 15 is 0 Å². The topological polar surface area (TPSA) is 67.1 Å². The maximum Gasteiger partial charge on any atom is 0.165 e. The summed E-state index contributed by atoms with van der Waals surface area (Å²) in [5.41, 5.74) is 8.69. The number of rotatable bonds is 4. The molecule has 0 unspecified atom stereocenters. The van der Waals surface area contributed by atoms with Gasteiger partial charge in [0.2, 0.25) is 0 Å². The molecule has 18 heavy (non-hydrogen) atoms. The largest absolute Gasteiger partial charge is 0.387 e. The van der Waals surface area contributed by atoms with Gasteiger partial charge in [-0.1, -0.05) is 30.8 Å². The first kappa shape index (κ1) is 12.7. The molecule has 2 aromatic rings. The molecule has 1 heterocycles. The van der Waals surface area contributed by atoms with Crippen molar-refractivity contribution >= 4 is 23.3 Å². The third kappa shape index (κ3) is 2.92. The monoisotopic (exact) mass is 260 g/mol. The van der Waals surface area contributed by atoms with E-state index in [1.807, 2.05) is 43.6 Å². The molecule has 1 aromatic carbocycles. The molecule has 0 aliphatic rings. The SMILES string of the molecule is CCC(N)=Nc1ccc(-c2cnc(SC)[nH]2)cc1. The van der Waals surface area contributed by atoms with Crippen molar-refractivity contribution in [3.8, 4) is 11.3 Å². The molecule has 0 saturated heterocycles. The maximum absolute atomic E-state index is 5.71. The normalized spacial score (nSPS) is 11.8. The highest BCUT2D eigenvalue weighted by molar-refractivity contribution is 7.98. The third-order valence-corrected chi connectivity index (χ3v) is 3.15. The Labute approximate surface area is 111 Å². The molecular formula is C13H16N4S. The number of H-pyrrole nitrogens is 1. The zero-order valence-corrected chi connectivity index (χ0v) is 11.3. The number of imidazole rings is 1. The Kier molecular flexibility index (Phi) is 4.04. The highest BCUT2D eigenvalue weighted by Gasteiger charge is 2.02. The number of thioether (sulfide) groups is 1. The lowest BCUT2D eigenvalue weighted by Gasteiger charge is -2.00. The molecule has 0 bridgehead atoms. The first-order chi connectivity index (χ1) is 8.72. The Hall–Kier alpha value is -1.75. The second kappa shape index (κ2) is 5.73. The predicted octanol–water partition coefficient (Wildman–Crippen LogP) is 3.20. The zero-order chi connectivity index (χ0) is 13.0. The van der Waals surface area contributed by atoms with Crippen LogP contribution in [0.2, 0.25) is 0 Å². The molecule has 0 radical (unpaired) electrons. The number of benzene rings is 1. The molecule has 94 valence electrons. The predicted molar refractivity (Wildman–Crippen MR) is 77.4 cm³/mol. The lowest BCUT2D eigenvalue weighted by atomic mass is 10.1. The van der Waals surface area contributed by atoms with Crippen LogP contribution in [0.1, 0.15) is 13.3 Å². The fourth-order valence-electron chi connectivity index (χ4n) is 1.51. The van der Waals surface area contributed by atoms with Gasteiger partial charge in [0.15, 0.2) is 5.16 Å². The van der Waals surface area contributed by atoms with Gasteiger partial charge in [0.05, 0.1) is 23.4 Å². The van der Waals surface area contributed by atoms with Crippen molar-refractivity contribution < 1.29 is 0 Å². The van der Waals surface area contributed by atoms with Crippen LogP contribution in [-0.4, -0.2) is 22.1 Å². The van der Waals surface area contributed by atoms with E-state index in [4.69, 9.17) is 5.73 Å². The lowest BCUT2D eigenvalue weighted by Crippen LogP contribution is -2.08. The minimum absolute atomic E-state index is 0.647. The van der Waals surface area contributed by atoms with E-state index in [2.05, 4.69) is 15.0 Å². The second-order valence-corrected chi connectivity index (χ2v) is 4.60. The Balaban J connectivity index is 2.22. The molecule has 0 amide bonds. The zero-order valence-electron chi connectivity index (χ0n) is 10.5. The molecule has 0 atom stereocenters. The molecule has 0 saturated carbocycles. The number of aromatic amines is 1. The van der Waals surface area contributed by atoms with Crippen LogP contribution >= 0.6 is 11.8 Å². The third-order valence-electron chi connectivity index (χ3n) is 2.56. The standard InChI is InChI=1S/C13H16N4S/c1-3-12(14)16-10-6-4-9(5-7-10)11-8-15-13(17-11)18-2/h4-8H,3H2,1-2H3,(H2,14,16)(H,15,17). The number of nitrogens with one attached hydrogen (secondary N) is 1. The van der Waals surface area contributed by atoms with Crippen LogP contribution < -0.4 is 5.73 Å². The summed E-state index contributed by atoms with van der Waals surface area (Å²) < 4.78 is 0. The summed E-state index contributed by atoms with van der Waals surface area (Å²) in [6.07, 6.45) is 4.60. The Bertz CT molecular complexity index is 542. The first-order valence-electron chi connectivity index (χ1n) is 5.75. The van der Waals surface area contributed by atoms with Crippen LogP contribution in [-0.2, 0) is 0 Å². The lowest BCUT2D eigenvalue weighted by molar-refractivity contribution is 1.06. The second-order valence-electron chi connectivity index (χ2n) is 3.81. The van der Waals surface area contributed by atoms with Crippen LogP contribution in [0.4, 0.5) is 5.69 Å². The van der Waals surface area contributed by atoms with Crippen molar-refractivity contribution in [3.05, 3.63) is 30.5 Å². The number of amidine groups is 1. The number of hydrogen-bond acceptors (Lipinski definition) is 3. The molecule has 5 heteroatoms. The molecule has 0 fully saturated rings. The van der Waals surface area contributed by atoms with Crippen molar-refractivity contribution in [2.24, 2.45) is 10.7 Å². The van der Waals surface area contributed by atoms with Crippen LogP contribution in [0.25, 0.3) is 11.3 Å². The number of nitrogens with zero attached hydrogens (tertiary/aromatic N) is 2. The van der Waals surface area contributed by atoms with Crippen LogP contribution in [0, 0.1) is 0 Å². The number of hydrogen-bond donors (Lipinski definition) is 2. The molecule has 2 rings (SSSR count). The summed E-state index contributed by atoms with van der Waals surface area (Å²) in [7, 11) is 0. The fraction of sp³-hybridized carbons (Fsp3) is 0.231. The average Bonchev–Trinajstić information content (AvgIpc) is 2.88. The van der Waals surface area contributed by atoms with E-state index in [1.54, 1.807) is 11.8 Å². The van der Waals surface area contributed by atoms with Gasteiger partial charge in [0.1, 0.15) is 0 Å². The highest BCUT2D eigenvalue weighted by Crippen LogP contribution is 2.23. The smallest absolute Gasteiger partial charge is 0.165 e. The minimum Gasteiger partial charge on any atom is -0.387 e. The number of aliphatic imine (C=N–C) groups is 1. The van der Waals surface area contributed by atoms with Crippen LogP contribution in [0.5, 0.6) is 0 Å². The van der Waals surface area contributed by atoms with Crippen LogP contribution in [0.15, 0.2) is 40.6 Å². The quantitative estimate of drug-likeness (QED) is 0.504. The highest BCUT2D eigenvalue weighted by atomic mass is 32.2. The van der Waals surface area contributed by atoms with Gasteiger partial charge in [0, 0.05) is 6.42 Å². The Morgan fingerprint density at radius 3 is 2.67 bits per heavy atom. The van der Waals surface area contributed by atoms with Crippen molar-refractivity contribution in [1.29, 1.82) is 0 Å². The molecule has 0 aliphatic carbocycles. The summed E-state index contributed by atoms with van der Waals surface area (Å²) in [6.45, 7) is 1.99. The van der Waals surface area contributed by atoms with E-state index in [-0.39, 0.29) is 0 Å². The summed E-state index contributed by atoms with van der Waals surface area (Å²) in [5, 5.41) is 0.919. The van der Waals surface area contributed by atoms with Gasteiger partial charge >= 0.3 is 0 Å². The van der Waals surface area contributed by atoms with Crippen molar-refractivity contribution in [3.63, 3.8) is 0 Å². The minimum atomic E-state index is 0.647. The first-order valence-corrected chi connectivity index (χ1v) is 6.98. The molecule has 0 aliphatic heterocycles.